The first-order valence-corrected chi connectivity index (χ1v) is 4.20. The van der Waals surface area contributed by atoms with Crippen LogP contribution < -0.4 is 0 Å². The second-order valence-electron chi connectivity index (χ2n) is 2.72. The van der Waals surface area contributed by atoms with Gasteiger partial charge >= 0.3 is 5.97 Å². The minimum absolute atomic E-state index is 0.111. The van der Waals surface area contributed by atoms with Crippen LogP contribution in [0.4, 0.5) is 0 Å². The molecule has 0 heterocycles. The number of hydrogen-bond donors (Lipinski definition) is 1. The van der Waals surface area contributed by atoms with Gasteiger partial charge in [-0.25, -0.2) is 0 Å². The second kappa shape index (κ2) is 6.65. The number of hydrogen-bond acceptors (Lipinski definition) is 1. The van der Waals surface area contributed by atoms with Crippen LogP contribution in [0.3, 0.4) is 0 Å². The molecule has 0 unspecified atom stereocenters. The van der Waals surface area contributed by atoms with Crippen LogP contribution in [0.15, 0.2) is 24.8 Å². The molecule has 0 saturated carbocycles. The lowest BCUT2D eigenvalue weighted by molar-refractivity contribution is -0.137. The Bertz CT molecular complexity index is 171. The fraction of sp³-hybridized carbons (Fsp3) is 0.500. The van der Waals surface area contributed by atoms with E-state index in [-0.39, 0.29) is 12.3 Å². The maximum absolute atomic E-state index is 10.4. The van der Waals surface area contributed by atoms with Crippen LogP contribution >= 0.6 is 0 Å². The van der Waals surface area contributed by atoms with Gasteiger partial charge in [0.15, 0.2) is 0 Å². The molecule has 0 bridgehead atoms. The monoisotopic (exact) mass is 168 g/mol. The van der Waals surface area contributed by atoms with Gasteiger partial charge in [0.25, 0.3) is 0 Å². The highest BCUT2D eigenvalue weighted by atomic mass is 16.4. The molecule has 12 heavy (non-hydrogen) atoms. The summed E-state index contributed by atoms with van der Waals surface area (Å²) in [6.07, 6.45) is 7.60. The minimum Gasteiger partial charge on any atom is -0.481 e. The molecule has 1 N–H and O–H groups in total. The van der Waals surface area contributed by atoms with Crippen LogP contribution in [0, 0.1) is 5.92 Å². The molecule has 0 fully saturated rings. The summed E-state index contributed by atoms with van der Waals surface area (Å²) >= 11 is 0. The summed E-state index contributed by atoms with van der Waals surface area (Å²) in [7, 11) is 0. The van der Waals surface area contributed by atoms with E-state index in [1.807, 2.05) is 19.1 Å². The average molecular weight is 168 g/mol. The van der Waals surface area contributed by atoms with Gasteiger partial charge < -0.3 is 5.11 Å². The molecule has 2 nitrogen and oxygen atoms in total. The van der Waals surface area contributed by atoms with Crippen molar-refractivity contribution in [2.75, 3.05) is 0 Å². The number of rotatable bonds is 6. The van der Waals surface area contributed by atoms with E-state index >= 15 is 0 Å². The summed E-state index contributed by atoms with van der Waals surface area (Å²) in [6, 6.07) is 0. The third-order valence-corrected chi connectivity index (χ3v) is 1.55. The van der Waals surface area contributed by atoms with Crippen LogP contribution in [0.2, 0.25) is 0 Å². The zero-order valence-electron chi connectivity index (χ0n) is 7.49. The van der Waals surface area contributed by atoms with Crippen LogP contribution in [0.1, 0.15) is 26.2 Å². The summed E-state index contributed by atoms with van der Waals surface area (Å²) in [5, 5.41) is 8.54. The van der Waals surface area contributed by atoms with Crippen molar-refractivity contribution in [1.29, 1.82) is 0 Å². The summed E-state index contributed by atoms with van der Waals surface area (Å²) in [4.78, 5) is 10.4. The topological polar surface area (TPSA) is 37.3 Å². The fourth-order valence-electron chi connectivity index (χ4n) is 0.997. The van der Waals surface area contributed by atoms with E-state index in [0.29, 0.717) is 0 Å². The molecule has 0 aromatic heterocycles. The Morgan fingerprint density at radius 3 is 2.75 bits per heavy atom. The third-order valence-electron chi connectivity index (χ3n) is 1.55. The van der Waals surface area contributed by atoms with E-state index in [9.17, 15) is 4.79 Å². The average Bonchev–Trinajstić information content (AvgIpc) is 2.00. The van der Waals surface area contributed by atoms with E-state index in [4.69, 9.17) is 5.11 Å². The fourth-order valence-corrected chi connectivity index (χ4v) is 0.997. The molecule has 0 aromatic rings. The van der Waals surface area contributed by atoms with Crippen molar-refractivity contribution in [3.8, 4) is 0 Å². The van der Waals surface area contributed by atoms with E-state index in [1.54, 1.807) is 6.08 Å². The van der Waals surface area contributed by atoms with Crippen molar-refractivity contribution in [3.63, 3.8) is 0 Å². The number of carboxylic acids is 1. The van der Waals surface area contributed by atoms with E-state index < -0.39 is 5.97 Å². The third kappa shape index (κ3) is 5.71. The molecule has 0 saturated heterocycles. The Balaban J connectivity index is 3.93. The Labute approximate surface area is 73.6 Å². The molecule has 1 atom stereocenters. The quantitative estimate of drug-likeness (QED) is 0.619. The molecule has 0 aliphatic heterocycles. The summed E-state index contributed by atoms with van der Waals surface area (Å²) in [6.45, 7) is 5.62. The smallest absolute Gasteiger partial charge is 0.303 e. The van der Waals surface area contributed by atoms with E-state index in [0.717, 1.165) is 12.8 Å². The van der Waals surface area contributed by atoms with Gasteiger partial charge in [0.2, 0.25) is 0 Å². The van der Waals surface area contributed by atoms with E-state index in [2.05, 4.69) is 6.58 Å². The summed E-state index contributed by atoms with van der Waals surface area (Å²) in [5.74, 6) is -0.637. The molecule has 0 spiro atoms. The van der Waals surface area contributed by atoms with Gasteiger partial charge in [0.05, 0.1) is 6.42 Å². The summed E-state index contributed by atoms with van der Waals surface area (Å²) < 4.78 is 0. The molecule has 0 amide bonds. The van der Waals surface area contributed by atoms with Crippen LogP contribution in [0.25, 0.3) is 0 Å². The first-order valence-electron chi connectivity index (χ1n) is 4.20. The maximum Gasteiger partial charge on any atom is 0.303 e. The van der Waals surface area contributed by atoms with Gasteiger partial charge in [-0.2, -0.15) is 0 Å². The molecule has 68 valence electrons. The standard InChI is InChI=1S/C10H16O2/c1-3-5-7-9(6-4-2)8-10(11)12/h4-5,7,9H,2-3,6,8H2,1H3,(H,11,12)/t9-/m0/s1. The molecule has 0 radical (unpaired) electrons. The number of carboxylic acid groups (broad SMARTS) is 1. The maximum atomic E-state index is 10.4. The molecule has 2 heteroatoms. The Kier molecular flexibility index (Phi) is 6.07. The van der Waals surface area contributed by atoms with Gasteiger partial charge in [0, 0.05) is 0 Å². The predicted molar refractivity (Wildman–Crippen MR) is 50.0 cm³/mol. The van der Waals surface area contributed by atoms with Crippen molar-refractivity contribution in [2.24, 2.45) is 5.92 Å². The van der Waals surface area contributed by atoms with Crippen molar-refractivity contribution >= 4 is 5.97 Å². The lowest BCUT2D eigenvalue weighted by Crippen LogP contribution is -2.04. The highest BCUT2D eigenvalue weighted by Crippen LogP contribution is 2.11. The van der Waals surface area contributed by atoms with Crippen LogP contribution in [0.5, 0.6) is 0 Å². The Morgan fingerprint density at radius 1 is 1.67 bits per heavy atom. The number of carbonyl (C=O) groups is 1. The molecule has 0 aliphatic rings. The van der Waals surface area contributed by atoms with Gasteiger partial charge in [-0.3, -0.25) is 4.79 Å². The normalized spacial score (nSPS) is 13.1. The number of allylic oxidation sites excluding steroid dienone is 3. The van der Waals surface area contributed by atoms with Crippen molar-refractivity contribution in [3.05, 3.63) is 24.8 Å². The first kappa shape index (κ1) is 11.0. The second-order valence-corrected chi connectivity index (χ2v) is 2.72. The van der Waals surface area contributed by atoms with Crippen molar-refractivity contribution in [1.82, 2.24) is 0 Å². The number of aliphatic carboxylic acids is 1. The van der Waals surface area contributed by atoms with Crippen molar-refractivity contribution in [2.45, 2.75) is 26.2 Å². The molecule has 0 rings (SSSR count). The van der Waals surface area contributed by atoms with Gasteiger partial charge in [-0.15, -0.1) is 6.58 Å². The Hall–Kier alpha value is -1.05. The molecule has 0 aliphatic carbocycles. The lowest BCUT2D eigenvalue weighted by atomic mass is 10.0. The first-order chi connectivity index (χ1) is 5.70. The lowest BCUT2D eigenvalue weighted by Gasteiger charge is -2.05. The van der Waals surface area contributed by atoms with Crippen LogP contribution in [-0.4, -0.2) is 11.1 Å². The van der Waals surface area contributed by atoms with E-state index in [1.165, 1.54) is 0 Å². The zero-order valence-corrected chi connectivity index (χ0v) is 7.49. The molecule has 0 aromatic carbocycles. The van der Waals surface area contributed by atoms with Gasteiger partial charge in [-0.05, 0) is 18.8 Å². The highest BCUT2D eigenvalue weighted by Gasteiger charge is 2.06. The van der Waals surface area contributed by atoms with Gasteiger partial charge in [0.1, 0.15) is 0 Å². The summed E-state index contributed by atoms with van der Waals surface area (Å²) in [5.41, 5.74) is 0. The minimum atomic E-state index is -0.748. The Morgan fingerprint density at radius 2 is 2.33 bits per heavy atom. The van der Waals surface area contributed by atoms with Gasteiger partial charge in [-0.1, -0.05) is 25.2 Å². The zero-order chi connectivity index (χ0) is 9.40. The van der Waals surface area contributed by atoms with Crippen molar-refractivity contribution < 1.29 is 9.90 Å². The molecular formula is C10H16O2. The predicted octanol–water partition coefficient (Wildman–Crippen LogP) is 2.62. The highest BCUT2D eigenvalue weighted by molar-refractivity contribution is 5.67. The molecular weight excluding hydrogens is 152 g/mol. The van der Waals surface area contributed by atoms with Crippen LogP contribution in [-0.2, 0) is 4.79 Å². The largest absolute Gasteiger partial charge is 0.481 e. The SMILES string of the molecule is C=CC[C@@H](C=CCC)CC(=O)O.